The Morgan fingerprint density at radius 2 is 2.11 bits per heavy atom. The Hall–Kier alpha value is -0.720. The third kappa shape index (κ3) is 3.40. The average molecular weight is 358 g/mol. The third-order valence-corrected chi connectivity index (χ3v) is 3.55. The number of ketones is 1. The van der Waals surface area contributed by atoms with Crippen molar-refractivity contribution in [3.8, 4) is 0 Å². The van der Waals surface area contributed by atoms with Crippen molar-refractivity contribution < 1.29 is 14.3 Å². The van der Waals surface area contributed by atoms with Gasteiger partial charge in [0.2, 0.25) is 0 Å². The fourth-order valence-corrected chi connectivity index (χ4v) is 2.33. The van der Waals surface area contributed by atoms with E-state index in [0.29, 0.717) is 13.2 Å². The first-order valence-electron chi connectivity index (χ1n) is 5.74. The number of hydrogen-bond acceptors (Lipinski definition) is 3. The zero-order chi connectivity index (χ0) is 13.0. The maximum absolute atomic E-state index is 12.1. The Balaban J connectivity index is 2.06. The molecule has 0 aliphatic carbocycles. The van der Waals surface area contributed by atoms with Crippen LogP contribution in [-0.4, -0.2) is 25.8 Å². The van der Waals surface area contributed by atoms with Gasteiger partial charge in [-0.2, -0.15) is 0 Å². The lowest BCUT2D eigenvalue weighted by Gasteiger charge is -2.30. The standard InChI is InChI=1S/C14H15IO3/c1-14(8-17-10-18-9-14)13(16)6-5-11-3-2-4-12(15)7-11/h2-7H,8-10H2,1H3/b6-5-. The van der Waals surface area contributed by atoms with Gasteiger partial charge in [0, 0.05) is 3.57 Å². The van der Waals surface area contributed by atoms with Crippen molar-refractivity contribution in [2.45, 2.75) is 6.92 Å². The van der Waals surface area contributed by atoms with Crippen molar-refractivity contribution in [2.24, 2.45) is 5.41 Å². The van der Waals surface area contributed by atoms with Crippen molar-refractivity contribution >= 4 is 34.5 Å². The Bertz CT molecular complexity index is 462. The monoisotopic (exact) mass is 358 g/mol. The van der Waals surface area contributed by atoms with Gasteiger partial charge in [0.1, 0.15) is 6.79 Å². The summed E-state index contributed by atoms with van der Waals surface area (Å²) in [4.78, 5) is 12.1. The van der Waals surface area contributed by atoms with Gasteiger partial charge >= 0.3 is 0 Å². The second kappa shape index (κ2) is 5.95. The second-order valence-electron chi connectivity index (χ2n) is 4.63. The number of rotatable bonds is 3. The van der Waals surface area contributed by atoms with Crippen LogP contribution in [-0.2, 0) is 14.3 Å². The molecule has 0 saturated carbocycles. The van der Waals surface area contributed by atoms with Crippen LogP contribution in [0.15, 0.2) is 30.3 Å². The highest BCUT2D eigenvalue weighted by Gasteiger charge is 2.34. The molecule has 96 valence electrons. The summed E-state index contributed by atoms with van der Waals surface area (Å²) in [5.41, 5.74) is 0.466. The van der Waals surface area contributed by atoms with Gasteiger partial charge in [-0.05, 0) is 53.3 Å². The predicted octanol–water partition coefficient (Wildman–Crippen LogP) is 2.88. The summed E-state index contributed by atoms with van der Waals surface area (Å²) in [5.74, 6) is 0.0426. The molecule has 0 aromatic heterocycles. The van der Waals surface area contributed by atoms with Gasteiger partial charge in [-0.3, -0.25) is 4.79 Å². The van der Waals surface area contributed by atoms with Gasteiger partial charge in [-0.25, -0.2) is 0 Å². The fraction of sp³-hybridized carbons (Fsp3) is 0.357. The molecule has 0 unspecified atom stereocenters. The van der Waals surface area contributed by atoms with Crippen molar-refractivity contribution in [1.82, 2.24) is 0 Å². The van der Waals surface area contributed by atoms with E-state index in [0.717, 1.165) is 9.13 Å². The Kier molecular flexibility index (Phi) is 4.53. The number of carbonyl (C=O) groups excluding carboxylic acids is 1. The van der Waals surface area contributed by atoms with Gasteiger partial charge in [-0.15, -0.1) is 0 Å². The first-order chi connectivity index (χ1) is 8.60. The number of carbonyl (C=O) groups is 1. The van der Waals surface area contributed by atoms with E-state index in [1.165, 1.54) is 0 Å². The van der Waals surface area contributed by atoms with Crippen LogP contribution >= 0.6 is 22.6 Å². The molecule has 0 radical (unpaired) electrons. The molecule has 0 bridgehead atoms. The molecule has 18 heavy (non-hydrogen) atoms. The summed E-state index contributed by atoms with van der Waals surface area (Å²) >= 11 is 2.25. The molecular weight excluding hydrogens is 343 g/mol. The summed E-state index contributed by atoms with van der Waals surface area (Å²) in [6.07, 6.45) is 3.45. The molecule has 0 spiro atoms. The maximum Gasteiger partial charge on any atom is 0.166 e. The lowest BCUT2D eigenvalue weighted by molar-refractivity contribution is -0.168. The van der Waals surface area contributed by atoms with Crippen molar-refractivity contribution in [1.29, 1.82) is 0 Å². The van der Waals surface area contributed by atoms with Crippen molar-refractivity contribution in [2.75, 3.05) is 20.0 Å². The molecule has 1 aromatic rings. The molecule has 0 amide bonds. The van der Waals surface area contributed by atoms with Gasteiger partial charge < -0.3 is 9.47 Å². The van der Waals surface area contributed by atoms with Crippen LogP contribution in [0.25, 0.3) is 6.08 Å². The van der Waals surface area contributed by atoms with E-state index in [-0.39, 0.29) is 12.6 Å². The molecule has 1 saturated heterocycles. The lowest BCUT2D eigenvalue weighted by Crippen LogP contribution is -2.40. The topological polar surface area (TPSA) is 35.5 Å². The van der Waals surface area contributed by atoms with Gasteiger partial charge in [0.05, 0.1) is 18.6 Å². The Morgan fingerprint density at radius 3 is 2.78 bits per heavy atom. The first-order valence-corrected chi connectivity index (χ1v) is 6.82. The third-order valence-electron chi connectivity index (χ3n) is 2.88. The van der Waals surface area contributed by atoms with E-state index in [9.17, 15) is 4.79 Å². The molecule has 1 aromatic carbocycles. The van der Waals surface area contributed by atoms with Crippen LogP contribution in [0.1, 0.15) is 12.5 Å². The van der Waals surface area contributed by atoms with Crippen LogP contribution in [0.5, 0.6) is 0 Å². The van der Waals surface area contributed by atoms with Crippen LogP contribution in [0.3, 0.4) is 0 Å². The molecule has 0 N–H and O–H groups in total. The number of benzene rings is 1. The van der Waals surface area contributed by atoms with Gasteiger partial charge in [0.25, 0.3) is 0 Å². The SMILES string of the molecule is CC1(C(=O)/C=C\c2cccc(I)c2)COCOC1. The Morgan fingerprint density at radius 1 is 1.39 bits per heavy atom. The van der Waals surface area contributed by atoms with E-state index in [1.807, 2.05) is 37.3 Å². The average Bonchev–Trinajstić information content (AvgIpc) is 2.37. The summed E-state index contributed by atoms with van der Waals surface area (Å²) in [5, 5.41) is 0. The summed E-state index contributed by atoms with van der Waals surface area (Å²) < 4.78 is 11.5. The highest BCUT2D eigenvalue weighted by molar-refractivity contribution is 14.1. The van der Waals surface area contributed by atoms with Crippen LogP contribution in [0, 0.1) is 8.99 Å². The molecule has 2 rings (SSSR count). The first kappa shape index (κ1) is 13.7. The molecule has 1 heterocycles. The van der Waals surface area contributed by atoms with Crippen molar-refractivity contribution in [3.05, 3.63) is 39.5 Å². The molecule has 0 atom stereocenters. The summed E-state index contributed by atoms with van der Waals surface area (Å²) in [6.45, 7) is 2.99. The number of ether oxygens (including phenoxy) is 2. The fourth-order valence-electron chi connectivity index (χ4n) is 1.76. The number of halogens is 1. The van der Waals surface area contributed by atoms with E-state index in [2.05, 4.69) is 22.6 Å². The number of hydrogen-bond donors (Lipinski definition) is 0. The highest BCUT2D eigenvalue weighted by atomic mass is 127. The molecule has 1 aliphatic rings. The molecular formula is C14H15IO3. The maximum atomic E-state index is 12.1. The Labute approximate surface area is 120 Å². The normalized spacial score (nSPS) is 19.0. The largest absolute Gasteiger partial charge is 0.354 e. The van der Waals surface area contributed by atoms with Gasteiger partial charge in [0.15, 0.2) is 5.78 Å². The number of allylic oxidation sites excluding steroid dienone is 1. The highest BCUT2D eigenvalue weighted by Crippen LogP contribution is 2.23. The quantitative estimate of drug-likeness (QED) is 0.616. The minimum atomic E-state index is -0.559. The summed E-state index contributed by atoms with van der Waals surface area (Å²) in [7, 11) is 0. The van der Waals surface area contributed by atoms with Crippen LogP contribution < -0.4 is 0 Å². The van der Waals surface area contributed by atoms with E-state index in [4.69, 9.17) is 9.47 Å². The second-order valence-corrected chi connectivity index (χ2v) is 5.87. The van der Waals surface area contributed by atoms with E-state index in [1.54, 1.807) is 6.08 Å². The molecule has 3 nitrogen and oxygen atoms in total. The minimum Gasteiger partial charge on any atom is -0.354 e. The molecule has 4 heteroatoms. The smallest absolute Gasteiger partial charge is 0.166 e. The minimum absolute atomic E-state index is 0.0426. The summed E-state index contributed by atoms with van der Waals surface area (Å²) in [6, 6.07) is 7.99. The van der Waals surface area contributed by atoms with Crippen LogP contribution in [0.4, 0.5) is 0 Å². The van der Waals surface area contributed by atoms with Crippen LogP contribution in [0.2, 0.25) is 0 Å². The van der Waals surface area contributed by atoms with Crippen molar-refractivity contribution in [3.63, 3.8) is 0 Å². The zero-order valence-corrected chi connectivity index (χ0v) is 12.3. The zero-order valence-electron chi connectivity index (χ0n) is 10.2. The van der Waals surface area contributed by atoms with E-state index < -0.39 is 5.41 Å². The molecule has 1 aliphatic heterocycles. The molecule has 1 fully saturated rings. The van der Waals surface area contributed by atoms with E-state index >= 15 is 0 Å². The predicted molar refractivity (Wildman–Crippen MR) is 78.1 cm³/mol. The lowest BCUT2D eigenvalue weighted by atomic mass is 9.86. The van der Waals surface area contributed by atoms with Gasteiger partial charge in [-0.1, -0.05) is 18.2 Å².